The molecule has 4 heteroatoms. The summed E-state index contributed by atoms with van der Waals surface area (Å²) in [6, 6.07) is 7.80. The highest BCUT2D eigenvalue weighted by Gasteiger charge is 2.07. The molecule has 1 aromatic carbocycles. The monoisotopic (exact) mass is 304 g/mol. The molecule has 3 nitrogen and oxygen atoms in total. The van der Waals surface area contributed by atoms with Crippen molar-refractivity contribution in [3.63, 3.8) is 0 Å². The third-order valence-corrected chi connectivity index (χ3v) is 3.65. The topological polar surface area (TPSA) is 34.2 Å². The van der Waals surface area contributed by atoms with Crippen molar-refractivity contribution in [3.05, 3.63) is 52.2 Å². The summed E-state index contributed by atoms with van der Waals surface area (Å²) in [7, 11) is 0. The molecule has 0 atom stereocenters. The van der Waals surface area contributed by atoms with Gasteiger partial charge in [-0.25, -0.2) is 4.98 Å². The van der Waals surface area contributed by atoms with Crippen LogP contribution >= 0.6 is 11.6 Å². The first-order valence-corrected chi connectivity index (χ1v) is 7.64. The summed E-state index contributed by atoms with van der Waals surface area (Å²) in [5.74, 6) is 1.41. The van der Waals surface area contributed by atoms with E-state index in [9.17, 15) is 0 Å². The Morgan fingerprint density at radius 2 is 2.05 bits per heavy atom. The van der Waals surface area contributed by atoms with Gasteiger partial charge in [0.2, 0.25) is 5.88 Å². The molecule has 21 heavy (non-hydrogen) atoms. The maximum atomic E-state index is 6.12. The summed E-state index contributed by atoms with van der Waals surface area (Å²) in [4.78, 5) is 4.41. The minimum atomic E-state index is 0.639. The molecule has 1 N–H and O–H groups in total. The van der Waals surface area contributed by atoms with Crippen molar-refractivity contribution in [2.75, 3.05) is 6.54 Å². The minimum Gasteiger partial charge on any atom is -0.439 e. The van der Waals surface area contributed by atoms with Gasteiger partial charge in [0.05, 0.1) is 0 Å². The summed E-state index contributed by atoms with van der Waals surface area (Å²) >= 11 is 6.12. The number of ether oxygens (including phenoxy) is 1. The highest BCUT2D eigenvalue weighted by molar-refractivity contribution is 6.31. The van der Waals surface area contributed by atoms with Crippen LogP contribution in [0, 0.1) is 6.92 Å². The fourth-order valence-electron chi connectivity index (χ4n) is 2.09. The molecule has 0 bridgehead atoms. The molecule has 1 aromatic heterocycles. The highest BCUT2D eigenvalue weighted by Crippen LogP contribution is 2.27. The normalized spacial score (nSPS) is 10.7. The Bertz CT molecular complexity index is 614. The van der Waals surface area contributed by atoms with Crippen molar-refractivity contribution in [2.45, 2.75) is 33.7 Å². The molecule has 112 valence electrons. The first-order chi connectivity index (χ1) is 10.1. The molecule has 0 amide bonds. The molecule has 0 aliphatic carbocycles. The van der Waals surface area contributed by atoms with Gasteiger partial charge in [0.15, 0.2) is 0 Å². The maximum absolute atomic E-state index is 6.12. The molecular formula is C17H21ClN2O. The van der Waals surface area contributed by atoms with Crippen molar-refractivity contribution in [1.29, 1.82) is 0 Å². The van der Waals surface area contributed by atoms with Crippen LogP contribution in [0.1, 0.15) is 30.5 Å². The van der Waals surface area contributed by atoms with Crippen molar-refractivity contribution >= 4 is 11.6 Å². The van der Waals surface area contributed by atoms with Crippen LogP contribution < -0.4 is 10.1 Å². The predicted molar refractivity (Wildman–Crippen MR) is 87.3 cm³/mol. The van der Waals surface area contributed by atoms with E-state index < -0.39 is 0 Å². The zero-order valence-electron chi connectivity index (χ0n) is 12.7. The lowest BCUT2D eigenvalue weighted by Gasteiger charge is -2.11. The number of rotatable bonds is 6. The van der Waals surface area contributed by atoms with Crippen molar-refractivity contribution in [3.8, 4) is 11.6 Å². The second-order valence-electron chi connectivity index (χ2n) is 4.95. The van der Waals surface area contributed by atoms with Gasteiger partial charge in [-0.3, -0.25) is 0 Å². The number of nitrogens with one attached hydrogen (secondary N) is 1. The Labute approximate surface area is 131 Å². The number of halogens is 1. The lowest BCUT2D eigenvalue weighted by molar-refractivity contribution is 0.457. The first-order valence-electron chi connectivity index (χ1n) is 7.26. The van der Waals surface area contributed by atoms with Crippen LogP contribution in [0.2, 0.25) is 5.02 Å². The van der Waals surface area contributed by atoms with Crippen molar-refractivity contribution in [2.24, 2.45) is 0 Å². The summed E-state index contributed by atoms with van der Waals surface area (Å²) in [6.07, 6.45) is 2.73. The van der Waals surface area contributed by atoms with Crippen LogP contribution in [-0.4, -0.2) is 11.5 Å². The summed E-state index contributed by atoms with van der Waals surface area (Å²) < 4.78 is 5.88. The lowest BCUT2D eigenvalue weighted by atomic mass is 10.1. The van der Waals surface area contributed by atoms with E-state index in [4.69, 9.17) is 16.3 Å². The molecule has 0 unspecified atom stereocenters. The third kappa shape index (κ3) is 4.19. The number of benzene rings is 1. The minimum absolute atomic E-state index is 0.639. The average molecular weight is 305 g/mol. The summed E-state index contributed by atoms with van der Waals surface area (Å²) in [5.41, 5.74) is 3.26. The quantitative estimate of drug-likeness (QED) is 0.852. The summed E-state index contributed by atoms with van der Waals surface area (Å²) in [6.45, 7) is 7.94. The number of nitrogens with zero attached hydrogens (tertiary/aromatic N) is 1. The Balaban J connectivity index is 2.16. The number of hydrogen-bond acceptors (Lipinski definition) is 3. The smallest absolute Gasteiger partial charge is 0.222 e. The Morgan fingerprint density at radius 1 is 1.24 bits per heavy atom. The fourth-order valence-corrected chi connectivity index (χ4v) is 2.34. The SMILES string of the molecule is CCNCc1cnc(Oc2ccc(Cl)c(CC)c2)c(C)c1. The fraction of sp³-hybridized carbons (Fsp3) is 0.353. The first kappa shape index (κ1) is 15.8. The van der Waals surface area contributed by atoms with Gasteiger partial charge in [-0.2, -0.15) is 0 Å². The average Bonchev–Trinajstić information content (AvgIpc) is 2.49. The van der Waals surface area contributed by atoms with Gasteiger partial charge in [0.25, 0.3) is 0 Å². The van der Waals surface area contributed by atoms with Gasteiger partial charge in [-0.1, -0.05) is 25.4 Å². The van der Waals surface area contributed by atoms with E-state index >= 15 is 0 Å². The van der Waals surface area contributed by atoms with Crippen molar-refractivity contribution in [1.82, 2.24) is 10.3 Å². The van der Waals surface area contributed by atoms with E-state index in [1.165, 1.54) is 0 Å². The Morgan fingerprint density at radius 3 is 2.71 bits per heavy atom. The molecular weight excluding hydrogens is 284 g/mol. The number of aromatic nitrogens is 1. The predicted octanol–water partition coefficient (Wildman–Crippen LogP) is 4.51. The van der Waals surface area contributed by atoms with Crippen LogP contribution in [0.5, 0.6) is 11.6 Å². The molecule has 0 saturated heterocycles. The zero-order valence-corrected chi connectivity index (χ0v) is 13.5. The van der Waals surface area contributed by atoms with Crippen molar-refractivity contribution < 1.29 is 4.74 Å². The molecule has 2 aromatic rings. The molecule has 0 aliphatic rings. The Kier molecular flexibility index (Phi) is 5.59. The second kappa shape index (κ2) is 7.43. The third-order valence-electron chi connectivity index (χ3n) is 3.28. The van der Waals surface area contributed by atoms with Crippen LogP contribution in [0.4, 0.5) is 0 Å². The van der Waals surface area contributed by atoms with E-state index in [0.29, 0.717) is 5.88 Å². The molecule has 0 spiro atoms. The van der Waals surface area contributed by atoms with Crippen LogP contribution in [0.25, 0.3) is 0 Å². The number of hydrogen-bond donors (Lipinski definition) is 1. The molecule has 1 heterocycles. The Hall–Kier alpha value is -1.58. The lowest BCUT2D eigenvalue weighted by Crippen LogP contribution is -2.12. The molecule has 0 aliphatic heterocycles. The van der Waals surface area contributed by atoms with E-state index in [1.807, 2.05) is 31.3 Å². The van der Waals surface area contributed by atoms with Gasteiger partial charge in [-0.05, 0) is 55.3 Å². The van der Waals surface area contributed by atoms with E-state index in [1.54, 1.807) is 0 Å². The maximum Gasteiger partial charge on any atom is 0.222 e. The molecule has 2 rings (SSSR count). The van der Waals surface area contributed by atoms with Gasteiger partial charge >= 0.3 is 0 Å². The van der Waals surface area contributed by atoms with Crippen LogP contribution in [-0.2, 0) is 13.0 Å². The second-order valence-corrected chi connectivity index (χ2v) is 5.36. The van der Waals surface area contributed by atoms with E-state index in [-0.39, 0.29) is 0 Å². The molecule has 0 radical (unpaired) electrons. The standard InChI is InChI=1S/C17H21ClN2O/c1-4-14-9-15(6-7-16(14)18)21-17-12(3)8-13(11-20-17)10-19-5-2/h6-9,11,19H,4-5,10H2,1-3H3. The van der Waals surface area contributed by atoms with Gasteiger partial charge < -0.3 is 10.1 Å². The van der Waals surface area contributed by atoms with E-state index in [0.717, 1.165) is 47.0 Å². The number of pyridine rings is 1. The summed E-state index contributed by atoms with van der Waals surface area (Å²) in [5, 5.41) is 4.06. The molecule has 0 fully saturated rings. The largest absolute Gasteiger partial charge is 0.439 e. The highest BCUT2D eigenvalue weighted by atomic mass is 35.5. The van der Waals surface area contributed by atoms with Crippen LogP contribution in [0.3, 0.4) is 0 Å². The van der Waals surface area contributed by atoms with Crippen LogP contribution in [0.15, 0.2) is 30.5 Å². The van der Waals surface area contributed by atoms with Gasteiger partial charge in [-0.15, -0.1) is 0 Å². The number of aryl methyl sites for hydroxylation is 2. The van der Waals surface area contributed by atoms with Gasteiger partial charge in [0.1, 0.15) is 5.75 Å². The van der Waals surface area contributed by atoms with Gasteiger partial charge in [0, 0.05) is 23.3 Å². The molecule has 0 saturated carbocycles. The zero-order chi connectivity index (χ0) is 15.2. The van der Waals surface area contributed by atoms with E-state index in [2.05, 4.69) is 30.2 Å².